The Hall–Kier alpha value is -4.70. The number of aryl methyl sites for hydroxylation is 1. The molecule has 1 amide bonds. The Kier molecular flexibility index (Phi) is 8.11. The highest BCUT2D eigenvalue weighted by Crippen LogP contribution is 2.37. The molecule has 1 saturated heterocycles. The number of anilines is 1. The Morgan fingerprint density at radius 3 is 2.51 bits per heavy atom. The molecule has 0 spiro atoms. The van der Waals surface area contributed by atoms with Gasteiger partial charge in [0.05, 0.1) is 25.4 Å². The summed E-state index contributed by atoms with van der Waals surface area (Å²) in [6.07, 6.45) is 6.10. The monoisotopic (exact) mass is 582 g/mol. The molecular formula is C33H35FN6O3. The van der Waals surface area contributed by atoms with Gasteiger partial charge in [0.2, 0.25) is 5.91 Å². The molecule has 2 aromatic heterocycles. The average Bonchev–Trinajstić information content (AvgIpc) is 3.64. The van der Waals surface area contributed by atoms with Gasteiger partial charge in [0.25, 0.3) is 0 Å². The predicted molar refractivity (Wildman–Crippen MR) is 164 cm³/mol. The number of aromatic nitrogens is 4. The number of fused-ring (bicyclic) bond motifs is 1. The van der Waals surface area contributed by atoms with Crippen LogP contribution in [0.5, 0.6) is 11.5 Å². The van der Waals surface area contributed by atoms with Crippen molar-refractivity contribution < 1.29 is 18.7 Å². The van der Waals surface area contributed by atoms with Crippen molar-refractivity contribution >= 4 is 22.5 Å². The summed E-state index contributed by atoms with van der Waals surface area (Å²) in [4.78, 5) is 19.6. The van der Waals surface area contributed by atoms with Crippen LogP contribution in [0.4, 0.5) is 10.1 Å². The molecule has 1 aliphatic heterocycles. The highest BCUT2D eigenvalue weighted by molar-refractivity contribution is 5.93. The minimum Gasteiger partial charge on any atom is -0.497 e. The number of hydrogen-bond acceptors (Lipinski definition) is 6. The van der Waals surface area contributed by atoms with Crippen molar-refractivity contribution in [1.29, 1.82) is 0 Å². The van der Waals surface area contributed by atoms with E-state index in [9.17, 15) is 9.18 Å². The van der Waals surface area contributed by atoms with Gasteiger partial charge in [-0.05, 0) is 92.0 Å². The molecule has 1 fully saturated rings. The number of nitrogens with one attached hydrogen (secondary N) is 1. The van der Waals surface area contributed by atoms with Crippen LogP contribution in [-0.4, -0.2) is 64.0 Å². The lowest BCUT2D eigenvalue weighted by atomic mass is 9.89. The van der Waals surface area contributed by atoms with E-state index in [1.807, 2.05) is 19.2 Å². The Morgan fingerprint density at radius 1 is 1.02 bits per heavy atom. The second-order valence-corrected chi connectivity index (χ2v) is 10.9. The van der Waals surface area contributed by atoms with Crippen LogP contribution in [0.2, 0.25) is 0 Å². The van der Waals surface area contributed by atoms with Crippen LogP contribution >= 0.6 is 0 Å². The summed E-state index contributed by atoms with van der Waals surface area (Å²) >= 11 is 0. The molecule has 43 heavy (non-hydrogen) atoms. The molecule has 6 rings (SSSR count). The van der Waals surface area contributed by atoms with Crippen molar-refractivity contribution in [2.75, 3.05) is 39.2 Å². The third-order valence-corrected chi connectivity index (χ3v) is 8.27. The largest absolute Gasteiger partial charge is 0.497 e. The van der Waals surface area contributed by atoms with Crippen LogP contribution in [0.3, 0.4) is 0 Å². The molecule has 0 radical (unpaired) electrons. The lowest BCUT2D eigenvalue weighted by Crippen LogP contribution is -2.35. The van der Waals surface area contributed by atoms with E-state index in [0.29, 0.717) is 36.1 Å². The summed E-state index contributed by atoms with van der Waals surface area (Å²) in [6.45, 7) is 2.47. The van der Waals surface area contributed by atoms with Gasteiger partial charge in [-0.3, -0.25) is 4.79 Å². The first-order valence-corrected chi connectivity index (χ1v) is 14.4. The van der Waals surface area contributed by atoms with Crippen molar-refractivity contribution in [1.82, 2.24) is 24.2 Å². The highest BCUT2D eigenvalue weighted by atomic mass is 19.1. The smallest absolute Gasteiger partial charge is 0.225 e. The van der Waals surface area contributed by atoms with Crippen LogP contribution in [0, 0.1) is 5.82 Å². The molecular weight excluding hydrogens is 547 g/mol. The standard InChI is InChI=1S/C33H35FN6O3/c1-38-33(35-21-36-38)23-4-10-30-27(18-23)28(20-40(30)25-7-5-24(34)6-8-25)22-12-15-39(16-13-22)17-14-32(41)37-29-19-26(42-2)9-11-31(29)43-3/h4-11,18-22H,12-17H2,1-3H3,(H,37,41). The topological polar surface area (TPSA) is 86.4 Å². The van der Waals surface area contributed by atoms with E-state index in [4.69, 9.17) is 9.47 Å². The normalized spacial score (nSPS) is 14.2. The Bertz CT molecular complexity index is 1740. The van der Waals surface area contributed by atoms with E-state index in [2.05, 4.69) is 49.3 Å². The first kappa shape index (κ1) is 28.4. The lowest BCUT2D eigenvalue weighted by molar-refractivity contribution is -0.116. The van der Waals surface area contributed by atoms with E-state index in [1.165, 1.54) is 17.7 Å². The number of methoxy groups -OCH3 is 2. The molecule has 222 valence electrons. The summed E-state index contributed by atoms with van der Waals surface area (Å²) in [5, 5.41) is 8.37. The van der Waals surface area contributed by atoms with Gasteiger partial charge in [-0.2, -0.15) is 5.10 Å². The van der Waals surface area contributed by atoms with Gasteiger partial charge in [-0.1, -0.05) is 0 Å². The molecule has 0 unspecified atom stereocenters. The number of amides is 1. The van der Waals surface area contributed by atoms with Crippen molar-refractivity contribution in [2.45, 2.75) is 25.2 Å². The van der Waals surface area contributed by atoms with Crippen molar-refractivity contribution in [3.8, 4) is 28.6 Å². The van der Waals surface area contributed by atoms with Gasteiger partial charge in [-0.15, -0.1) is 0 Å². The quantitative estimate of drug-likeness (QED) is 0.237. The van der Waals surface area contributed by atoms with Gasteiger partial charge in [0.1, 0.15) is 23.6 Å². The number of ether oxygens (including phenoxy) is 2. The maximum absolute atomic E-state index is 13.7. The van der Waals surface area contributed by atoms with Crippen LogP contribution in [0.15, 0.2) is 73.2 Å². The molecule has 1 aliphatic rings. The van der Waals surface area contributed by atoms with Gasteiger partial charge in [0, 0.05) is 48.9 Å². The first-order valence-electron chi connectivity index (χ1n) is 14.4. The lowest BCUT2D eigenvalue weighted by Gasteiger charge is -2.31. The number of carbonyl (C=O) groups is 1. The molecule has 3 heterocycles. The fraction of sp³-hybridized carbons (Fsp3) is 0.303. The number of piperidine rings is 1. The zero-order chi connectivity index (χ0) is 29.9. The third-order valence-electron chi connectivity index (χ3n) is 8.27. The third kappa shape index (κ3) is 5.96. The highest BCUT2D eigenvalue weighted by Gasteiger charge is 2.25. The van der Waals surface area contributed by atoms with Gasteiger partial charge in [-0.25, -0.2) is 14.1 Å². The molecule has 0 saturated carbocycles. The first-order chi connectivity index (χ1) is 20.9. The molecule has 1 N–H and O–H groups in total. The second kappa shape index (κ2) is 12.3. The number of benzene rings is 3. The zero-order valence-corrected chi connectivity index (χ0v) is 24.6. The van der Waals surface area contributed by atoms with E-state index in [-0.39, 0.29) is 11.7 Å². The van der Waals surface area contributed by atoms with E-state index in [1.54, 1.807) is 43.4 Å². The summed E-state index contributed by atoms with van der Waals surface area (Å²) in [5.74, 6) is 2.09. The average molecular weight is 583 g/mol. The molecule has 0 atom stereocenters. The Morgan fingerprint density at radius 2 is 1.81 bits per heavy atom. The van der Waals surface area contributed by atoms with Crippen LogP contribution in [0.25, 0.3) is 28.0 Å². The number of likely N-dealkylation sites (tertiary alicyclic amines) is 1. The fourth-order valence-corrected chi connectivity index (χ4v) is 5.94. The fourth-order valence-electron chi connectivity index (χ4n) is 5.94. The summed E-state index contributed by atoms with van der Waals surface area (Å²) in [5.41, 5.74) is 4.86. The Labute approximate surface area is 249 Å². The SMILES string of the molecule is COc1ccc(OC)c(NC(=O)CCN2CCC(c3cn(-c4ccc(F)cc4)c4ccc(-c5ncnn5C)cc34)CC2)c1. The van der Waals surface area contributed by atoms with Crippen molar-refractivity contribution in [2.24, 2.45) is 7.05 Å². The van der Waals surface area contributed by atoms with E-state index < -0.39 is 0 Å². The number of rotatable bonds is 9. The van der Waals surface area contributed by atoms with Crippen molar-refractivity contribution in [3.05, 3.63) is 84.6 Å². The van der Waals surface area contributed by atoms with Crippen LogP contribution < -0.4 is 14.8 Å². The molecule has 0 aliphatic carbocycles. The number of halogens is 1. The van der Waals surface area contributed by atoms with E-state index in [0.717, 1.165) is 53.9 Å². The molecule has 3 aromatic carbocycles. The zero-order valence-electron chi connectivity index (χ0n) is 24.6. The van der Waals surface area contributed by atoms with Gasteiger partial charge >= 0.3 is 0 Å². The maximum atomic E-state index is 13.7. The number of nitrogens with zero attached hydrogens (tertiary/aromatic N) is 5. The number of hydrogen-bond donors (Lipinski definition) is 1. The molecule has 9 nitrogen and oxygen atoms in total. The summed E-state index contributed by atoms with van der Waals surface area (Å²) in [6, 6.07) is 18.3. The predicted octanol–water partition coefficient (Wildman–Crippen LogP) is 5.79. The molecule has 10 heteroatoms. The van der Waals surface area contributed by atoms with Gasteiger partial charge < -0.3 is 24.3 Å². The number of carbonyl (C=O) groups excluding carboxylic acids is 1. The second-order valence-electron chi connectivity index (χ2n) is 10.9. The van der Waals surface area contributed by atoms with Crippen molar-refractivity contribution in [3.63, 3.8) is 0 Å². The minimum absolute atomic E-state index is 0.0626. The Balaban J connectivity index is 1.17. The molecule has 5 aromatic rings. The van der Waals surface area contributed by atoms with E-state index >= 15 is 0 Å². The summed E-state index contributed by atoms with van der Waals surface area (Å²) in [7, 11) is 5.06. The maximum Gasteiger partial charge on any atom is 0.225 e. The molecule has 0 bridgehead atoms. The minimum atomic E-state index is -0.256. The van der Waals surface area contributed by atoms with Crippen LogP contribution in [-0.2, 0) is 11.8 Å². The summed E-state index contributed by atoms with van der Waals surface area (Å²) < 4.78 is 28.3. The van der Waals surface area contributed by atoms with Gasteiger partial charge in [0.15, 0.2) is 5.82 Å². The van der Waals surface area contributed by atoms with Crippen LogP contribution in [0.1, 0.15) is 30.7 Å².